The van der Waals surface area contributed by atoms with Crippen molar-refractivity contribution in [2.24, 2.45) is 0 Å². The predicted octanol–water partition coefficient (Wildman–Crippen LogP) is 3.76. The summed E-state index contributed by atoms with van der Waals surface area (Å²) < 4.78 is 1.73. The van der Waals surface area contributed by atoms with Crippen LogP contribution in [0.2, 0.25) is 0 Å². The Kier molecular flexibility index (Phi) is 6.32. The molecule has 30 heavy (non-hydrogen) atoms. The first-order chi connectivity index (χ1) is 14.7. The number of amides is 1. The monoisotopic (exact) mass is 418 g/mol. The minimum Gasteiger partial charge on any atom is -0.387 e. The minimum atomic E-state index is -0.726. The lowest BCUT2D eigenvalue weighted by molar-refractivity contribution is 0.0604. The number of hydrogen-bond donors (Lipinski definition) is 1. The van der Waals surface area contributed by atoms with Crippen LogP contribution in [0.3, 0.4) is 0 Å². The number of thiophene rings is 1. The van der Waals surface area contributed by atoms with Crippen LogP contribution in [0.4, 0.5) is 0 Å². The second-order valence-electron chi connectivity index (χ2n) is 7.03. The Bertz CT molecular complexity index is 1050. The third-order valence-corrected chi connectivity index (χ3v) is 5.54. The number of benzene rings is 2. The van der Waals surface area contributed by atoms with Gasteiger partial charge in [0, 0.05) is 12.1 Å². The van der Waals surface area contributed by atoms with Gasteiger partial charge in [-0.25, -0.2) is 9.67 Å². The fourth-order valence-corrected chi connectivity index (χ4v) is 3.95. The summed E-state index contributed by atoms with van der Waals surface area (Å²) in [7, 11) is 0. The average molecular weight is 419 g/mol. The number of rotatable bonds is 8. The standard InChI is InChI=1S/C23H22N4O2S/c28-22(21-10-11-30-15-21)14-26(12-18-4-2-1-3-5-18)23(29)20-8-6-19(7-9-20)13-27-17-24-16-25-27/h1-11,15-17,22,28H,12-14H2/t22-/m1/s1. The Morgan fingerprint density at radius 1 is 1.07 bits per heavy atom. The maximum atomic E-state index is 13.3. The lowest BCUT2D eigenvalue weighted by Crippen LogP contribution is -2.34. The molecule has 4 aromatic rings. The zero-order valence-corrected chi connectivity index (χ0v) is 17.2. The van der Waals surface area contributed by atoms with E-state index in [0.29, 0.717) is 18.7 Å². The molecule has 1 N–H and O–H groups in total. The van der Waals surface area contributed by atoms with Crippen LogP contribution in [0.25, 0.3) is 0 Å². The number of nitrogens with zero attached hydrogens (tertiary/aromatic N) is 4. The summed E-state index contributed by atoms with van der Waals surface area (Å²) in [4.78, 5) is 18.9. The van der Waals surface area contributed by atoms with E-state index in [-0.39, 0.29) is 12.5 Å². The van der Waals surface area contributed by atoms with Crippen molar-refractivity contribution in [1.82, 2.24) is 19.7 Å². The van der Waals surface area contributed by atoms with Gasteiger partial charge in [-0.1, -0.05) is 42.5 Å². The van der Waals surface area contributed by atoms with Crippen molar-refractivity contribution < 1.29 is 9.90 Å². The molecule has 0 saturated carbocycles. The summed E-state index contributed by atoms with van der Waals surface area (Å²) in [5.41, 5.74) is 3.47. The quantitative estimate of drug-likeness (QED) is 0.473. The second-order valence-corrected chi connectivity index (χ2v) is 7.81. The third-order valence-electron chi connectivity index (χ3n) is 4.84. The first-order valence-electron chi connectivity index (χ1n) is 9.64. The molecule has 6 nitrogen and oxygen atoms in total. The van der Waals surface area contributed by atoms with Gasteiger partial charge in [-0.2, -0.15) is 16.4 Å². The van der Waals surface area contributed by atoms with Gasteiger partial charge < -0.3 is 10.0 Å². The molecule has 0 unspecified atom stereocenters. The molecule has 2 aromatic heterocycles. The van der Waals surface area contributed by atoms with E-state index in [2.05, 4.69) is 10.1 Å². The van der Waals surface area contributed by atoms with E-state index in [9.17, 15) is 9.90 Å². The van der Waals surface area contributed by atoms with E-state index in [4.69, 9.17) is 0 Å². The molecule has 0 saturated heterocycles. The molecule has 0 aliphatic rings. The molecule has 2 heterocycles. The summed E-state index contributed by atoms with van der Waals surface area (Å²) in [6, 6.07) is 19.2. The maximum absolute atomic E-state index is 13.3. The van der Waals surface area contributed by atoms with E-state index in [1.54, 1.807) is 15.9 Å². The number of carbonyl (C=O) groups excluding carboxylic acids is 1. The SMILES string of the molecule is O=C(c1ccc(Cn2cncn2)cc1)N(Cc1ccccc1)C[C@@H](O)c1ccsc1. The van der Waals surface area contributed by atoms with E-state index in [1.807, 2.05) is 71.4 Å². The van der Waals surface area contributed by atoms with Gasteiger partial charge in [0.1, 0.15) is 12.7 Å². The van der Waals surface area contributed by atoms with E-state index >= 15 is 0 Å². The zero-order valence-electron chi connectivity index (χ0n) is 16.3. The van der Waals surface area contributed by atoms with Gasteiger partial charge in [0.05, 0.1) is 19.2 Å². The lowest BCUT2D eigenvalue weighted by atomic mass is 10.1. The molecule has 4 rings (SSSR count). The Morgan fingerprint density at radius 3 is 2.53 bits per heavy atom. The summed E-state index contributed by atoms with van der Waals surface area (Å²) in [5.74, 6) is -0.111. The minimum absolute atomic E-state index is 0.111. The van der Waals surface area contributed by atoms with Gasteiger partial charge in [-0.3, -0.25) is 4.79 Å². The summed E-state index contributed by atoms with van der Waals surface area (Å²) >= 11 is 1.53. The normalized spacial score (nSPS) is 11.9. The van der Waals surface area contributed by atoms with Crippen molar-refractivity contribution in [3.63, 3.8) is 0 Å². The van der Waals surface area contributed by atoms with Crippen molar-refractivity contribution in [2.75, 3.05) is 6.54 Å². The number of aliphatic hydroxyl groups is 1. The van der Waals surface area contributed by atoms with Crippen molar-refractivity contribution >= 4 is 17.2 Å². The molecule has 152 valence electrons. The summed E-state index contributed by atoms with van der Waals surface area (Å²) in [6.45, 7) is 1.26. The van der Waals surface area contributed by atoms with Crippen molar-refractivity contribution in [3.05, 3.63) is 106 Å². The van der Waals surface area contributed by atoms with Crippen LogP contribution in [-0.2, 0) is 13.1 Å². The highest BCUT2D eigenvalue weighted by Gasteiger charge is 2.21. The van der Waals surface area contributed by atoms with Crippen molar-refractivity contribution in [3.8, 4) is 0 Å². The Morgan fingerprint density at radius 2 is 1.87 bits per heavy atom. The van der Waals surface area contributed by atoms with Crippen LogP contribution >= 0.6 is 11.3 Å². The molecule has 0 aliphatic heterocycles. The summed E-state index contributed by atoms with van der Waals surface area (Å²) in [5, 5.41) is 18.6. The molecular formula is C23H22N4O2S. The van der Waals surface area contributed by atoms with Gasteiger partial charge in [0.15, 0.2) is 0 Å². The van der Waals surface area contributed by atoms with E-state index in [0.717, 1.165) is 16.7 Å². The third kappa shape index (κ3) is 5.00. The predicted molar refractivity (Wildman–Crippen MR) is 116 cm³/mol. The van der Waals surface area contributed by atoms with Crippen LogP contribution in [0.15, 0.2) is 84.1 Å². The summed E-state index contributed by atoms with van der Waals surface area (Å²) in [6.07, 6.45) is 2.43. The van der Waals surface area contributed by atoms with Gasteiger partial charge in [-0.05, 0) is 45.6 Å². The molecule has 0 bridgehead atoms. The molecule has 0 aliphatic carbocycles. The molecule has 1 atom stereocenters. The number of aliphatic hydroxyl groups excluding tert-OH is 1. The van der Waals surface area contributed by atoms with Crippen LogP contribution < -0.4 is 0 Å². The average Bonchev–Trinajstić information content (AvgIpc) is 3.48. The molecule has 1 amide bonds. The Balaban J connectivity index is 1.51. The van der Waals surface area contributed by atoms with Crippen molar-refractivity contribution in [1.29, 1.82) is 0 Å². The molecule has 0 radical (unpaired) electrons. The Hall–Kier alpha value is -3.29. The van der Waals surface area contributed by atoms with Crippen LogP contribution in [-0.4, -0.2) is 37.2 Å². The highest BCUT2D eigenvalue weighted by molar-refractivity contribution is 7.07. The maximum Gasteiger partial charge on any atom is 0.254 e. The van der Waals surface area contributed by atoms with Gasteiger partial charge in [0.25, 0.3) is 5.91 Å². The molecule has 7 heteroatoms. The smallest absolute Gasteiger partial charge is 0.254 e. The zero-order chi connectivity index (χ0) is 20.8. The van der Waals surface area contributed by atoms with Gasteiger partial charge in [-0.15, -0.1) is 0 Å². The number of carbonyl (C=O) groups is 1. The molecular weight excluding hydrogens is 396 g/mol. The highest BCUT2D eigenvalue weighted by Crippen LogP contribution is 2.20. The lowest BCUT2D eigenvalue weighted by Gasteiger charge is -2.25. The topological polar surface area (TPSA) is 71.2 Å². The van der Waals surface area contributed by atoms with Crippen LogP contribution in [0.5, 0.6) is 0 Å². The fraction of sp³-hybridized carbons (Fsp3) is 0.174. The molecule has 0 spiro atoms. The molecule has 0 fully saturated rings. The first-order valence-corrected chi connectivity index (χ1v) is 10.6. The fourth-order valence-electron chi connectivity index (χ4n) is 3.24. The largest absolute Gasteiger partial charge is 0.387 e. The Labute approximate surface area is 179 Å². The van der Waals surface area contributed by atoms with E-state index < -0.39 is 6.10 Å². The van der Waals surface area contributed by atoms with Crippen molar-refractivity contribution in [2.45, 2.75) is 19.2 Å². The van der Waals surface area contributed by atoms with E-state index in [1.165, 1.54) is 17.7 Å². The van der Waals surface area contributed by atoms with Crippen LogP contribution in [0.1, 0.15) is 33.2 Å². The highest BCUT2D eigenvalue weighted by atomic mass is 32.1. The number of aromatic nitrogens is 3. The molecule has 2 aromatic carbocycles. The first kappa shape index (κ1) is 20.0. The number of hydrogen-bond acceptors (Lipinski definition) is 5. The van der Waals surface area contributed by atoms with Gasteiger partial charge >= 0.3 is 0 Å². The van der Waals surface area contributed by atoms with Gasteiger partial charge in [0.2, 0.25) is 0 Å². The van der Waals surface area contributed by atoms with Crippen LogP contribution in [0, 0.1) is 0 Å². The second kappa shape index (κ2) is 9.47.